The minimum Gasteiger partial charge on any atom is -0.488 e. The predicted molar refractivity (Wildman–Crippen MR) is 132 cm³/mol. The molecule has 0 unspecified atom stereocenters. The van der Waals surface area contributed by atoms with Crippen LogP contribution in [-0.2, 0) is 13.0 Å². The van der Waals surface area contributed by atoms with E-state index < -0.39 is 0 Å². The lowest BCUT2D eigenvalue weighted by Gasteiger charge is -2.13. The molecule has 0 saturated heterocycles. The molecule has 0 radical (unpaired) electrons. The molecule has 0 fully saturated rings. The molecule has 2 heterocycles. The molecule has 5 aromatic rings. The Balaban J connectivity index is 1.40. The van der Waals surface area contributed by atoms with E-state index in [0.717, 1.165) is 51.0 Å². The summed E-state index contributed by atoms with van der Waals surface area (Å²) in [7, 11) is 0. The van der Waals surface area contributed by atoms with Gasteiger partial charge in [-0.2, -0.15) is 5.21 Å². The van der Waals surface area contributed by atoms with Gasteiger partial charge in [0.1, 0.15) is 12.4 Å². The Labute approximate surface area is 196 Å². The molecule has 7 heteroatoms. The number of benzene rings is 3. The van der Waals surface area contributed by atoms with Crippen LogP contribution in [0.25, 0.3) is 33.4 Å². The van der Waals surface area contributed by atoms with E-state index in [1.807, 2.05) is 18.2 Å². The van der Waals surface area contributed by atoms with Gasteiger partial charge in [-0.25, -0.2) is 0 Å². The van der Waals surface area contributed by atoms with Gasteiger partial charge in [0.25, 0.3) is 0 Å². The summed E-state index contributed by atoms with van der Waals surface area (Å²) >= 11 is 1.72. The number of thioether (sulfide) groups is 1. The molecule has 0 spiro atoms. The summed E-state index contributed by atoms with van der Waals surface area (Å²) in [5.74, 6) is 1.46. The molecule has 6 nitrogen and oxygen atoms in total. The number of hydrogen-bond acceptors (Lipinski definition) is 6. The molecule has 0 aliphatic carbocycles. The highest BCUT2D eigenvalue weighted by Gasteiger charge is 2.11. The van der Waals surface area contributed by atoms with Crippen LogP contribution in [-0.4, -0.2) is 31.9 Å². The highest BCUT2D eigenvalue weighted by molar-refractivity contribution is 7.98. The number of rotatable bonds is 7. The van der Waals surface area contributed by atoms with Crippen molar-refractivity contribution >= 4 is 22.7 Å². The highest BCUT2D eigenvalue weighted by atomic mass is 32.2. The third kappa shape index (κ3) is 4.45. The molecule has 0 saturated carbocycles. The van der Waals surface area contributed by atoms with Crippen LogP contribution in [0.3, 0.4) is 0 Å². The molecule has 0 atom stereocenters. The fraction of sp³-hybridized carbons (Fsp3) is 0.154. The van der Waals surface area contributed by atoms with Crippen LogP contribution in [0.1, 0.15) is 18.2 Å². The normalized spacial score (nSPS) is 11.1. The van der Waals surface area contributed by atoms with Gasteiger partial charge in [0.2, 0.25) is 5.82 Å². The Bertz CT molecular complexity index is 1380. The van der Waals surface area contributed by atoms with Crippen molar-refractivity contribution in [3.05, 3.63) is 84.1 Å². The highest BCUT2D eigenvalue weighted by Crippen LogP contribution is 2.32. The van der Waals surface area contributed by atoms with Crippen molar-refractivity contribution in [1.82, 2.24) is 25.6 Å². The standard InChI is InChI=1S/C26H23N5OS/c1-3-19-14-25(23-15-20(33-2)12-13-24(23)27-19)32-16-17-8-10-18(11-9-17)21-6-4-5-7-22(21)26-28-30-31-29-26/h4-15H,3,16H2,1-2H3,(H,28,29,30,31). The van der Waals surface area contributed by atoms with Crippen LogP contribution in [0.15, 0.2) is 77.7 Å². The molecule has 164 valence electrons. The molecular formula is C26H23N5OS. The van der Waals surface area contributed by atoms with Crippen LogP contribution in [0.5, 0.6) is 5.75 Å². The average molecular weight is 454 g/mol. The first-order valence-electron chi connectivity index (χ1n) is 10.8. The zero-order chi connectivity index (χ0) is 22.6. The second-order valence-electron chi connectivity index (χ2n) is 7.61. The molecule has 0 bridgehead atoms. The third-order valence-corrected chi connectivity index (χ3v) is 6.29. The van der Waals surface area contributed by atoms with E-state index in [0.29, 0.717) is 12.4 Å². The molecule has 5 rings (SSSR count). The minimum absolute atomic E-state index is 0.485. The number of fused-ring (bicyclic) bond motifs is 1. The van der Waals surface area contributed by atoms with E-state index in [1.165, 1.54) is 4.90 Å². The molecule has 2 aromatic heterocycles. The van der Waals surface area contributed by atoms with Crippen molar-refractivity contribution in [2.75, 3.05) is 6.26 Å². The molecule has 0 amide bonds. The lowest BCUT2D eigenvalue weighted by molar-refractivity contribution is 0.309. The number of aromatic nitrogens is 5. The van der Waals surface area contributed by atoms with Gasteiger partial charge < -0.3 is 4.74 Å². The largest absolute Gasteiger partial charge is 0.488 e. The number of nitrogens with zero attached hydrogens (tertiary/aromatic N) is 4. The molecule has 0 aliphatic heterocycles. The van der Waals surface area contributed by atoms with Crippen molar-refractivity contribution in [1.29, 1.82) is 0 Å². The van der Waals surface area contributed by atoms with Crippen molar-refractivity contribution in [3.63, 3.8) is 0 Å². The monoisotopic (exact) mass is 453 g/mol. The summed E-state index contributed by atoms with van der Waals surface area (Å²) in [5, 5.41) is 15.5. The summed E-state index contributed by atoms with van der Waals surface area (Å²) < 4.78 is 6.29. The maximum Gasteiger partial charge on any atom is 0.205 e. The summed E-state index contributed by atoms with van der Waals surface area (Å²) in [6.07, 6.45) is 2.94. The van der Waals surface area contributed by atoms with Crippen LogP contribution in [0.2, 0.25) is 0 Å². The van der Waals surface area contributed by atoms with Crippen LogP contribution in [0.4, 0.5) is 0 Å². The molecule has 33 heavy (non-hydrogen) atoms. The second-order valence-corrected chi connectivity index (χ2v) is 8.49. The quantitative estimate of drug-likeness (QED) is 0.307. The van der Waals surface area contributed by atoms with E-state index in [9.17, 15) is 0 Å². The van der Waals surface area contributed by atoms with Gasteiger partial charge in [-0.3, -0.25) is 4.98 Å². The first kappa shape index (κ1) is 21.2. The topological polar surface area (TPSA) is 76.6 Å². The Morgan fingerprint density at radius 3 is 2.48 bits per heavy atom. The van der Waals surface area contributed by atoms with Gasteiger partial charge in [0, 0.05) is 27.6 Å². The van der Waals surface area contributed by atoms with Crippen molar-refractivity contribution in [3.8, 4) is 28.3 Å². The number of nitrogens with one attached hydrogen (secondary N) is 1. The van der Waals surface area contributed by atoms with Gasteiger partial charge >= 0.3 is 0 Å². The van der Waals surface area contributed by atoms with Crippen LogP contribution < -0.4 is 4.74 Å². The smallest absolute Gasteiger partial charge is 0.205 e. The van der Waals surface area contributed by atoms with Crippen molar-refractivity contribution in [2.45, 2.75) is 24.8 Å². The Kier molecular flexibility index (Phi) is 6.04. The lowest BCUT2D eigenvalue weighted by Crippen LogP contribution is -1.99. The fourth-order valence-electron chi connectivity index (χ4n) is 3.80. The molecule has 1 N–H and O–H groups in total. The van der Waals surface area contributed by atoms with E-state index in [4.69, 9.17) is 9.72 Å². The number of ether oxygens (including phenoxy) is 1. The van der Waals surface area contributed by atoms with E-state index >= 15 is 0 Å². The first-order valence-corrected chi connectivity index (χ1v) is 12.0. The predicted octanol–water partition coefficient (Wildman–Crippen LogP) is 5.95. The average Bonchev–Trinajstić information content (AvgIpc) is 3.42. The van der Waals surface area contributed by atoms with E-state index in [2.05, 4.69) is 88.4 Å². The Morgan fingerprint density at radius 1 is 0.939 bits per heavy atom. The number of pyridine rings is 1. The molecular weight excluding hydrogens is 430 g/mol. The summed E-state index contributed by atoms with van der Waals surface area (Å²) in [5.41, 5.74) is 6.18. The van der Waals surface area contributed by atoms with Crippen LogP contribution >= 0.6 is 11.8 Å². The van der Waals surface area contributed by atoms with Gasteiger partial charge in [-0.1, -0.05) is 55.5 Å². The zero-order valence-corrected chi connectivity index (χ0v) is 19.3. The Hall–Kier alpha value is -3.71. The molecule has 3 aromatic carbocycles. The zero-order valence-electron chi connectivity index (χ0n) is 18.4. The first-order chi connectivity index (χ1) is 16.2. The molecule has 0 aliphatic rings. The maximum atomic E-state index is 6.29. The number of H-pyrrole nitrogens is 1. The third-order valence-electron chi connectivity index (χ3n) is 5.57. The summed E-state index contributed by atoms with van der Waals surface area (Å²) in [4.78, 5) is 5.95. The number of aromatic amines is 1. The Morgan fingerprint density at radius 2 is 1.76 bits per heavy atom. The lowest BCUT2D eigenvalue weighted by atomic mass is 9.98. The van der Waals surface area contributed by atoms with Crippen LogP contribution in [0, 0.1) is 0 Å². The van der Waals surface area contributed by atoms with Crippen molar-refractivity contribution in [2.24, 2.45) is 0 Å². The fourth-order valence-corrected chi connectivity index (χ4v) is 4.24. The SMILES string of the molecule is CCc1cc(OCc2ccc(-c3ccccc3-c3nn[nH]n3)cc2)c2cc(SC)ccc2n1. The van der Waals surface area contributed by atoms with Crippen molar-refractivity contribution < 1.29 is 4.74 Å². The van der Waals surface area contributed by atoms with Gasteiger partial charge in [-0.05, 0) is 52.8 Å². The number of hydrogen-bond donors (Lipinski definition) is 1. The number of aryl methyl sites for hydroxylation is 1. The van der Waals surface area contributed by atoms with Gasteiger partial charge in [0.15, 0.2) is 0 Å². The van der Waals surface area contributed by atoms with Gasteiger partial charge in [-0.15, -0.1) is 22.0 Å². The summed E-state index contributed by atoms with van der Waals surface area (Å²) in [6, 6.07) is 24.8. The second kappa shape index (κ2) is 9.42. The minimum atomic E-state index is 0.485. The maximum absolute atomic E-state index is 6.29. The van der Waals surface area contributed by atoms with E-state index in [-0.39, 0.29) is 0 Å². The van der Waals surface area contributed by atoms with Gasteiger partial charge in [0.05, 0.1) is 5.52 Å². The summed E-state index contributed by atoms with van der Waals surface area (Å²) in [6.45, 7) is 2.60. The van der Waals surface area contributed by atoms with E-state index in [1.54, 1.807) is 11.8 Å². The number of tetrazole rings is 1.